The monoisotopic (exact) mass is 535 g/mol. The third-order valence-corrected chi connectivity index (χ3v) is 5.88. The summed E-state index contributed by atoms with van der Waals surface area (Å²) >= 11 is 6.14. The normalized spacial score (nSPS) is 11.8. The van der Waals surface area contributed by atoms with Gasteiger partial charge in [0, 0.05) is 27.9 Å². The molecule has 0 bridgehead atoms. The minimum Gasteiger partial charge on any atom is -0.495 e. The number of rotatable bonds is 8. The first kappa shape index (κ1) is 28.5. The van der Waals surface area contributed by atoms with Crippen LogP contribution in [0.4, 0.5) is 5.69 Å². The quantitative estimate of drug-likeness (QED) is 0.355. The van der Waals surface area contributed by atoms with Crippen molar-refractivity contribution in [1.29, 1.82) is 5.26 Å². The number of carbonyl (C=O) groups excluding carboxylic acids is 2. The standard InChI is InChI=1S/C29H30ClN3O5/c1-6-7-24(27(35)32-21-12-9-18(10-13-21)28(36)38-29(2,3)4)33-17-25(37-5)23(15-26(33)34)22-14-20(30)11-8-19(22)16-31/h8-15,17,24H,6-7H2,1-5H3,(H,32,35). The Morgan fingerprint density at radius 2 is 1.79 bits per heavy atom. The number of ether oxygens (including phenoxy) is 2. The summed E-state index contributed by atoms with van der Waals surface area (Å²) in [5.74, 6) is -0.537. The minimum absolute atomic E-state index is 0.319. The van der Waals surface area contributed by atoms with Crippen LogP contribution in [-0.4, -0.2) is 29.2 Å². The number of nitrogens with one attached hydrogen (secondary N) is 1. The van der Waals surface area contributed by atoms with Gasteiger partial charge in [-0.2, -0.15) is 5.26 Å². The topological polar surface area (TPSA) is 110 Å². The number of carbonyl (C=O) groups is 2. The number of halogens is 1. The molecule has 38 heavy (non-hydrogen) atoms. The second-order valence-electron chi connectivity index (χ2n) is 9.68. The average molecular weight is 536 g/mol. The number of nitriles is 1. The van der Waals surface area contributed by atoms with Gasteiger partial charge in [-0.25, -0.2) is 4.79 Å². The molecule has 1 atom stereocenters. The molecule has 0 spiro atoms. The van der Waals surface area contributed by atoms with E-state index in [4.69, 9.17) is 21.1 Å². The van der Waals surface area contributed by atoms with E-state index < -0.39 is 29.1 Å². The molecule has 2 aromatic carbocycles. The van der Waals surface area contributed by atoms with Crippen LogP contribution in [0.2, 0.25) is 5.02 Å². The van der Waals surface area contributed by atoms with Crippen molar-refractivity contribution in [3.63, 3.8) is 0 Å². The van der Waals surface area contributed by atoms with Crippen LogP contribution in [0.3, 0.4) is 0 Å². The van der Waals surface area contributed by atoms with E-state index >= 15 is 0 Å². The van der Waals surface area contributed by atoms with Gasteiger partial charge >= 0.3 is 5.97 Å². The Labute approximate surface area is 226 Å². The summed E-state index contributed by atoms with van der Waals surface area (Å²) < 4.78 is 12.2. The van der Waals surface area contributed by atoms with Gasteiger partial charge in [-0.15, -0.1) is 0 Å². The molecular formula is C29H30ClN3O5. The molecule has 3 aromatic rings. The van der Waals surface area contributed by atoms with Crippen LogP contribution in [0.5, 0.6) is 5.75 Å². The Kier molecular flexibility index (Phi) is 8.97. The molecule has 1 N–H and O–H groups in total. The van der Waals surface area contributed by atoms with Gasteiger partial charge < -0.3 is 14.8 Å². The molecule has 0 aliphatic heterocycles. The molecule has 1 unspecified atom stereocenters. The third kappa shape index (κ3) is 6.81. The third-order valence-electron chi connectivity index (χ3n) is 5.64. The van der Waals surface area contributed by atoms with Crippen LogP contribution in [0.1, 0.15) is 62.5 Å². The molecule has 0 radical (unpaired) electrons. The van der Waals surface area contributed by atoms with E-state index in [0.29, 0.717) is 51.6 Å². The first-order valence-corrected chi connectivity index (χ1v) is 12.5. The highest BCUT2D eigenvalue weighted by Crippen LogP contribution is 2.33. The average Bonchev–Trinajstić information content (AvgIpc) is 2.86. The van der Waals surface area contributed by atoms with E-state index in [1.165, 1.54) is 23.9 Å². The molecule has 0 saturated heterocycles. The fourth-order valence-corrected chi connectivity index (χ4v) is 4.08. The maximum Gasteiger partial charge on any atom is 0.338 e. The van der Waals surface area contributed by atoms with E-state index in [-0.39, 0.29) is 0 Å². The fourth-order valence-electron chi connectivity index (χ4n) is 3.90. The van der Waals surface area contributed by atoms with E-state index in [1.807, 2.05) is 6.92 Å². The van der Waals surface area contributed by atoms with Crippen LogP contribution in [0.25, 0.3) is 11.1 Å². The predicted molar refractivity (Wildman–Crippen MR) is 147 cm³/mol. The fraction of sp³-hybridized carbons (Fsp3) is 0.310. The first-order valence-electron chi connectivity index (χ1n) is 12.1. The maximum atomic E-state index is 13.3. The Hall–Kier alpha value is -4.09. The summed E-state index contributed by atoms with van der Waals surface area (Å²) in [5.41, 5.74) is 0.976. The SMILES string of the molecule is CCCC(C(=O)Nc1ccc(C(=O)OC(C)(C)C)cc1)n1cc(OC)c(-c2cc(Cl)ccc2C#N)cc1=O. The molecule has 0 aliphatic rings. The highest BCUT2D eigenvalue weighted by molar-refractivity contribution is 6.31. The van der Waals surface area contributed by atoms with Gasteiger partial charge in [0.2, 0.25) is 5.91 Å². The molecule has 3 rings (SSSR count). The van der Waals surface area contributed by atoms with Crippen LogP contribution in [0.15, 0.2) is 59.5 Å². The van der Waals surface area contributed by atoms with Crippen LogP contribution < -0.4 is 15.6 Å². The molecule has 1 aromatic heterocycles. The summed E-state index contributed by atoms with van der Waals surface area (Å²) in [6, 6.07) is 13.7. The summed E-state index contributed by atoms with van der Waals surface area (Å²) in [4.78, 5) is 38.8. The molecule has 0 saturated carbocycles. The number of pyridine rings is 1. The van der Waals surface area contributed by atoms with Crippen molar-refractivity contribution in [1.82, 2.24) is 4.57 Å². The Morgan fingerprint density at radius 1 is 1.11 bits per heavy atom. The van der Waals surface area contributed by atoms with Gasteiger partial charge in [0.25, 0.3) is 5.56 Å². The Balaban J connectivity index is 1.92. The van der Waals surface area contributed by atoms with Gasteiger partial charge in [-0.1, -0.05) is 24.9 Å². The van der Waals surface area contributed by atoms with Gasteiger partial charge in [0.05, 0.1) is 30.5 Å². The number of esters is 1. The lowest BCUT2D eigenvalue weighted by molar-refractivity contribution is -0.119. The number of aromatic nitrogens is 1. The second-order valence-corrected chi connectivity index (χ2v) is 10.1. The lowest BCUT2D eigenvalue weighted by Gasteiger charge is -2.21. The lowest BCUT2D eigenvalue weighted by Crippen LogP contribution is -2.33. The molecule has 0 aliphatic carbocycles. The lowest BCUT2D eigenvalue weighted by atomic mass is 10.00. The summed E-state index contributed by atoms with van der Waals surface area (Å²) in [6.07, 6.45) is 2.51. The van der Waals surface area contributed by atoms with Crippen molar-refractivity contribution < 1.29 is 19.1 Å². The van der Waals surface area contributed by atoms with Gasteiger partial charge in [-0.3, -0.25) is 14.2 Å². The van der Waals surface area contributed by atoms with Crippen molar-refractivity contribution >= 4 is 29.2 Å². The maximum absolute atomic E-state index is 13.3. The van der Waals surface area contributed by atoms with Crippen LogP contribution >= 0.6 is 11.6 Å². The van der Waals surface area contributed by atoms with Gasteiger partial charge in [-0.05, 0) is 69.7 Å². The highest BCUT2D eigenvalue weighted by Gasteiger charge is 2.24. The van der Waals surface area contributed by atoms with E-state index in [0.717, 1.165) is 0 Å². The zero-order valence-electron chi connectivity index (χ0n) is 22.0. The van der Waals surface area contributed by atoms with Crippen molar-refractivity contribution in [3.8, 4) is 22.9 Å². The summed E-state index contributed by atoms with van der Waals surface area (Å²) in [7, 11) is 1.45. The van der Waals surface area contributed by atoms with E-state index in [1.54, 1.807) is 63.2 Å². The first-order chi connectivity index (χ1) is 18.0. The number of amides is 1. The van der Waals surface area contributed by atoms with Crippen molar-refractivity contribution in [2.24, 2.45) is 0 Å². The van der Waals surface area contributed by atoms with Crippen molar-refractivity contribution in [3.05, 3.63) is 81.2 Å². The number of benzene rings is 2. The van der Waals surface area contributed by atoms with E-state index in [9.17, 15) is 19.6 Å². The smallest absolute Gasteiger partial charge is 0.338 e. The van der Waals surface area contributed by atoms with Gasteiger partial charge in [0.1, 0.15) is 17.4 Å². The largest absolute Gasteiger partial charge is 0.495 e. The number of anilines is 1. The van der Waals surface area contributed by atoms with Crippen molar-refractivity contribution in [2.45, 2.75) is 52.2 Å². The van der Waals surface area contributed by atoms with Crippen molar-refractivity contribution in [2.75, 3.05) is 12.4 Å². The van der Waals surface area contributed by atoms with Gasteiger partial charge in [0.15, 0.2) is 0 Å². The molecular weight excluding hydrogens is 506 g/mol. The predicted octanol–water partition coefficient (Wildman–Crippen LogP) is 5.98. The molecule has 9 heteroatoms. The van der Waals surface area contributed by atoms with E-state index in [2.05, 4.69) is 11.4 Å². The highest BCUT2D eigenvalue weighted by atomic mass is 35.5. The number of nitrogens with zero attached hydrogens (tertiary/aromatic N) is 2. The molecule has 0 fully saturated rings. The molecule has 8 nitrogen and oxygen atoms in total. The second kappa shape index (κ2) is 12.0. The summed E-state index contributed by atoms with van der Waals surface area (Å²) in [6.45, 7) is 7.27. The zero-order chi connectivity index (χ0) is 28.0. The number of hydrogen-bond donors (Lipinski definition) is 1. The zero-order valence-corrected chi connectivity index (χ0v) is 22.8. The summed E-state index contributed by atoms with van der Waals surface area (Å²) in [5, 5.41) is 12.8. The van der Waals surface area contributed by atoms with Crippen LogP contribution in [0, 0.1) is 11.3 Å². The minimum atomic E-state index is -0.823. The van der Waals surface area contributed by atoms with Crippen LogP contribution in [-0.2, 0) is 9.53 Å². The number of hydrogen-bond acceptors (Lipinski definition) is 6. The Morgan fingerprint density at radius 3 is 2.37 bits per heavy atom. The molecule has 1 amide bonds. The molecule has 198 valence electrons. The Bertz CT molecular complexity index is 1430. The number of methoxy groups -OCH3 is 1. The molecule has 1 heterocycles.